The van der Waals surface area contributed by atoms with Gasteiger partial charge in [-0.1, -0.05) is 36.5 Å². The molecule has 0 aliphatic rings. The van der Waals surface area contributed by atoms with Gasteiger partial charge in [-0.25, -0.2) is 0 Å². The standard InChI is InChI=1S/C14H20Cl2N2O2/c1-2-3-6-20-7-4-5-13(19)18-14-11(16)8-10(15)9-12(14)17/h8-9H,2-7,17H2,1H3,(H,18,19). The quantitative estimate of drug-likeness (QED) is 0.560. The van der Waals surface area contributed by atoms with Gasteiger partial charge in [0.1, 0.15) is 0 Å². The van der Waals surface area contributed by atoms with Crippen LogP contribution >= 0.6 is 23.2 Å². The molecule has 0 atom stereocenters. The third-order valence-electron chi connectivity index (χ3n) is 2.68. The van der Waals surface area contributed by atoms with Crippen LogP contribution in [0.3, 0.4) is 0 Å². The maximum absolute atomic E-state index is 11.8. The summed E-state index contributed by atoms with van der Waals surface area (Å²) in [5.41, 5.74) is 6.54. The first kappa shape index (κ1) is 17.1. The van der Waals surface area contributed by atoms with Crippen molar-refractivity contribution in [2.75, 3.05) is 24.3 Å². The molecule has 112 valence electrons. The molecule has 0 aromatic heterocycles. The van der Waals surface area contributed by atoms with Crippen molar-refractivity contribution < 1.29 is 9.53 Å². The van der Waals surface area contributed by atoms with E-state index in [1.54, 1.807) is 12.1 Å². The van der Waals surface area contributed by atoms with Crippen LogP contribution in [0.2, 0.25) is 10.0 Å². The molecule has 3 N–H and O–H groups in total. The highest BCUT2D eigenvalue weighted by Crippen LogP contribution is 2.32. The molecule has 0 spiro atoms. The van der Waals surface area contributed by atoms with Crippen LogP contribution in [0.4, 0.5) is 11.4 Å². The fourth-order valence-corrected chi connectivity index (χ4v) is 2.17. The van der Waals surface area contributed by atoms with E-state index in [2.05, 4.69) is 12.2 Å². The van der Waals surface area contributed by atoms with Crippen LogP contribution in [0, 0.1) is 0 Å². The lowest BCUT2D eigenvalue weighted by Crippen LogP contribution is -2.14. The number of rotatable bonds is 8. The first-order chi connectivity index (χ1) is 9.54. The second-order valence-corrected chi connectivity index (χ2v) is 5.31. The molecule has 0 fully saturated rings. The molecule has 0 radical (unpaired) electrons. The minimum atomic E-state index is -0.139. The molecule has 0 aliphatic heterocycles. The van der Waals surface area contributed by atoms with Gasteiger partial charge in [-0.15, -0.1) is 0 Å². The van der Waals surface area contributed by atoms with Crippen LogP contribution in [-0.2, 0) is 9.53 Å². The van der Waals surface area contributed by atoms with Gasteiger partial charge in [-0.05, 0) is 25.0 Å². The maximum Gasteiger partial charge on any atom is 0.224 e. The summed E-state index contributed by atoms with van der Waals surface area (Å²) < 4.78 is 5.39. The van der Waals surface area contributed by atoms with Gasteiger partial charge in [-0.2, -0.15) is 0 Å². The highest BCUT2D eigenvalue weighted by atomic mass is 35.5. The summed E-state index contributed by atoms with van der Waals surface area (Å²) in [6.07, 6.45) is 3.18. The van der Waals surface area contributed by atoms with Crippen molar-refractivity contribution in [3.05, 3.63) is 22.2 Å². The smallest absolute Gasteiger partial charge is 0.224 e. The van der Waals surface area contributed by atoms with Crippen LogP contribution in [0.1, 0.15) is 32.6 Å². The van der Waals surface area contributed by atoms with Crippen LogP contribution < -0.4 is 11.1 Å². The van der Waals surface area contributed by atoms with E-state index >= 15 is 0 Å². The number of carbonyl (C=O) groups excluding carboxylic acids is 1. The number of carbonyl (C=O) groups is 1. The number of halogens is 2. The Balaban J connectivity index is 2.36. The van der Waals surface area contributed by atoms with E-state index in [1.807, 2.05) is 0 Å². The summed E-state index contributed by atoms with van der Waals surface area (Å²) in [5.74, 6) is -0.139. The third-order valence-corrected chi connectivity index (χ3v) is 3.20. The Hall–Kier alpha value is -0.970. The normalized spacial score (nSPS) is 10.6. The number of hydrogen-bond acceptors (Lipinski definition) is 3. The largest absolute Gasteiger partial charge is 0.397 e. The number of amides is 1. The molecule has 0 saturated heterocycles. The predicted octanol–water partition coefficient (Wildman–Crippen LogP) is 4.11. The van der Waals surface area contributed by atoms with Crippen molar-refractivity contribution in [2.24, 2.45) is 0 Å². The van der Waals surface area contributed by atoms with E-state index in [-0.39, 0.29) is 5.91 Å². The fraction of sp³-hybridized carbons (Fsp3) is 0.500. The van der Waals surface area contributed by atoms with E-state index in [0.29, 0.717) is 40.9 Å². The Morgan fingerprint density at radius 1 is 1.30 bits per heavy atom. The van der Waals surface area contributed by atoms with E-state index in [4.69, 9.17) is 33.7 Å². The molecule has 0 saturated carbocycles. The summed E-state index contributed by atoms with van der Waals surface area (Å²) in [6, 6.07) is 3.10. The van der Waals surface area contributed by atoms with E-state index < -0.39 is 0 Å². The van der Waals surface area contributed by atoms with Crippen molar-refractivity contribution in [2.45, 2.75) is 32.6 Å². The average molecular weight is 319 g/mol. The predicted molar refractivity (Wildman–Crippen MR) is 84.5 cm³/mol. The van der Waals surface area contributed by atoms with Gasteiger partial charge < -0.3 is 15.8 Å². The lowest BCUT2D eigenvalue weighted by Gasteiger charge is -2.10. The summed E-state index contributed by atoms with van der Waals surface area (Å²) >= 11 is 11.8. The van der Waals surface area contributed by atoms with Gasteiger partial charge in [0.15, 0.2) is 0 Å². The van der Waals surface area contributed by atoms with Gasteiger partial charge in [0, 0.05) is 24.7 Å². The number of nitrogen functional groups attached to an aromatic ring is 1. The Labute approximate surface area is 129 Å². The average Bonchev–Trinajstić information content (AvgIpc) is 2.38. The van der Waals surface area contributed by atoms with Crippen molar-refractivity contribution in [1.82, 2.24) is 0 Å². The maximum atomic E-state index is 11.8. The number of benzene rings is 1. The molecule has 1 aromatic rings. The Morgan fingerprint density at radius 2 is 2.00 bits per heavy atom. The molecule has 0 aliphatic carbocycles. The number of anilines is 2. The fourth-order valence-electron chi connectivity index (χ4n) is 1.61. The first-order valence-electron chi connectivity index (χ1n) is 6.66. The molecule has 1 rings (SSSR count). The van der Waals surface area contributed by atoms with E-state index in [1.165, 1.54) is 0 Å². The number of nitrogens with two attached hydrogens (primary N) is 1. The zero-order valence-electron chi connectivity index (χ0n) is 11.5. The third kappa shape index (κ3) is 5.99. The van der Waals surface area contributed by atoms with Gasteiger partial charge in [0.25, 0.3) is 0 Å². The van der Waals surface area contributed by atoms with Crippen molar-refractivity contribution in [3.8, 4) is 0 Å². The molecule has 4 nitrogen and oxygen atoms in total. The summed E-state index contributed by atoms with van der Waals surface area (Å²) in [4.78, 5) is 11.8. The van der Waals surface area contributed by atoms with Crippen LogP contribution in [0.5, 0.6) is 0 Å². The lowest BCUT2D eigenvalue weighted by atomic mass is 10.2. The number of ether oxygens (including phenoxy) is 1. The number of unbranched alkanes of at least 4 members (excludes halogenated alkanes) is 1. The van der Waals surface area contributed by atoms with E-state index in [9.17, 15) is 4.79 Å². The summed E-state index contributed by atoms with van der Waals surface area (Å²) in [7, 11) is 0. The molecule has 0 bridgehead atoms. The van der Waals surface area contributed by atoms with E-state index in [0.717, 1.165) is 19.4 Å². The Morgan fingerprint density at radius 3 is 2.65 bits per heavy atom. The van der Waals surface area contributed by atoms with Crippen LogP contribution in [0.25, 0.3) is 0 Å². The topological polar surface area (TPSA) is 64.3 Å². The van der Waals surface area contributed by atoms with Gasteiger partial charge >= 0.3 is 0 Å². The van der Waals surface area contributed by atoms with Gasteiger partial charge in [0.2, 0.25) is 5.91 Å². The second kappa shape index (κ2) is 9.06. The molecule has 1 aromatic carbocycles. The SMILES string of the molecule is CCCCOCCCC(=O)Nc1c(N)cc(Cl)cc1Cl. The van der Waals surface area contributed by atoms with Crippen molar-refractivity contribution in [1.29, 1.82) is 0 Å². The minimum Gasteiger partial charge on any atom is -0.397 e. The molecular formula is C14H20Cl2N2O2. The highest BCUT2D eigenvalue weighted by molar-refractivity contribution is 6.37. The Bertz CT molecular complexity index is 430. The molecule has 0 heterocycles. The van der Waals surface area contributed by atoms with Crippen molar-refractivity contribution in [3.63, 3.8) is 0 Å². The molecular weight excluding hydrogens is 299 g/mol. The number of hydrogen-bond donors (Lipinski definition) is 2. The van der Waals surface area contributed by atoms with Crippen molar-refractivity contribution >= 4 is 40.5 Å². The molecule has 0 unspecified atom stereocenters. The van der Waals surface area contributed by atoms with Crippen LogP contribution in [0.15, 0.2) is 12.1 Å². The first-order valence-corrected chi connectivity index (χ1v) is 7.42. The summed E-state index contributed by atoms with van der Waals surface area (Å²) in [6.45, 7) is 3.43. The van der Waals surface area contributed by atoms with Crippen LogP contribution in [-0.4, -0.2) is 19.1 Å². The summed E-state index contributed by atoms with van der Waals surface area (Å²) in [5, 5.41) is 3.47. The number of nitrogens with one attached hydrogen (secondary N) is 1. The Kier molecular flexibility index (Phi) is 7.73. The highest BCUT2D eigenvalue weighted by Gasteiger charge is 2.10. The monoisotopic (exact) mass is 318 g/mol. The minimum absolute atomic E-state index is 0.139. The van der Waals surface area contributed by atoms with Gasteiger partial charge in [0.05, 0.1) is 16.4 Å². The van der Waals surface area contributed by atoms with Gasteiger partial charge in [-0.3, -0.25) is 4.79 Å². The lowest BCUT2D eigenvalue weighted by molar-refractivity contribution is -0.116. The molecule has 20 heavy (non-hydrogen) atoms. The second-order valence-electron chi connectivity index (χ2n) is 4.47. The zero-order valence-corrected chi connectivity index (χ0v) is 13.1. The molecule has 1 amide bonds. The zero-order chi connectivity index (χ0) is 15.0. The molecule has 6 heteroatoms.